The molecule has 0 aromatic heterocycles. The number of halogens is 1. The standard InChI is InChI=1S/C13H13ClN2O3S/c14-10-3-1-2-9(6-10)8-19-11-4-5-13(12(15)7-11)20(16,17)18/h1-7H,8,15H2,(H2,16,17,18). The molecule has 2 rings (SSSR count). The van der Waals surface area contributed by atoms with Crippen molar-refractivity contribution in [3.63, 3.8) is 0 Å². The summed E-state index contributed by atoms with van der Waals surface area (Å²) < 4.78 is 28.0. The molecule has 0 heterocycles. The predicted octanol–water partition coefficient (Wildman–Crippen LogP) is 2.15. The molecule has 20 heavy (non-hydrogen) atoms. The van der Waals surface area contributed by atoms with Crippen LogP contribution in [0.4, 0.5) is 5.69 Å². The van der Waals surface area contributed by atoms with Gasteiger partial charge in [0.05, 0.1) is 5.69 Å². The third kappa shape index (κ3) is 3.63. The van der Waals surface area contributed by atoms with Crippen molar-refractivity contribution in [1.29, 1.82) is 0 Å². The molecule has 0 fully saturated rings. The molecular weight excluding hydrogens is 300 g/mol. The number of ether oxygens (including phenoxy) is 1. The highest BCUT2D eigenvalue weighted by atomic mass is 35.5. The van der Waals surface area contributed by atoms with Crippen molar-refractivity contribution in [1.82, 2.24) is 0 Å². The van der Waals surface area contributed by atoms with E-state index in [0.29, 0.717) is 17.4 Å². The Bertz CT molecular complexity index is 732. The molecule has 2 aromatic carbocycles. The van der Waals surface area contributed by atoms with E-state index in [9.17, 15) is 8.42 Å². The molecule has 0 bridgehead atoms. The molecular formula is C13H13ClN2O3S. The average molecular weight is 313 g/mol. The van der Waals surface area contributed by atoms with Gasteiger partial charge >= 0.3 is 0 Å². The van der Waals surface area contributed by atoms with E-state index in [1.807, 2.05) is 12.1 Å². The molecule has 0 atom stereocenters. The van der Waals surface area contributed by atoms with Gasteiger partial charge in [-0.05, 0) is 29.8 Å². The minimum atomic E-state index is -3.82. The van der Waals surface area contributed by atoms with Crippen LogP contribution in [-0.2, 0) is 16.6 Å². The van der Waals surface area contributed by atoms with E-state index in [-0.39, 0.29) is 10.6 Å². The quantitative estimate of drug-likeness (QED) is 0.845. The number of sulfonamides is 1. The van der Waals surface area contributed by atoms with E-state index in [4.69, 9.17) is 27.2 Å². The second-order valence-corrected chi connectivity index (χ2v) is 6.13. The van der Waals surface area contributed by atoms with Crippen molar-refractivity contribution < 1.29 is 13.2 Å². The predicted molar refractivity (Wildman–Crippen MR) is 78.0 cm³/mol. The van der Waals surface area contributed by atoms with Gasteiger partial charge in [0.15, 0.2) is 0 Å². The van der Waals surface area contributed by atoms with E-state index in [1.165, 1.54) is 18.2 Å². The van der Waals surface area contributed by atoms with Crippen LogP contribution in [0.25, 0.3) is 0 Å². The van der Waals surface area contributed by atoms with E-state index >= 15 is 0 Å². The maximum Gasteiger partial charge on any atom is 0.240 e. The largest absolute Gasteiger partial charge is 0.489 e. The molecule has 4 N–H and O–H groups in total. The lowest BCUT2D eigenvalue weighted by Gasteiger charge is -2.09. The van der Waals surface area contributed by atoms with Gasteiger partial charge in [-0.25, -0.2) is 13.6 Å². The monoisotopic (exact) mass is 312 g/mol. The number of primary sulfonamides is 1. The molecule has 0 saturated carbocycles. The van der Waals surface area contributed by atoms with Crippen LogP contribution in [0.3, 0.4) is 0 Å². The lowest BCUT2D eigenvalue weighted by molar-refractivity contribution is 0.306. The van der Waals surface area contributed by atoms with Crippen LogP contribution < -0.4 is 15.6 Å². The molecule has 0 saturated heterocycles. The van der Waals surface area contributed by atoms with Crippen molar-refractivity contribution in [2.24, 2.45) is 5.14 Å². The summed E-state index contributed by atoms with van der Waals surface area (Å²) in [6.07, 6.45) is 0. The fourth-order valence-electron chi connectivity index (χ4n) is 1.67. The Hall–Kier alpha value is -1.76. The molecule has 0 radical (unpaired) electrons. The van der Waals surface area contributed by atoms with Gasteiger partial charge in [-0.2, -0.15) is 0 Å². The maximum absolute atomic E-state index is 11.2. The highest BCUT2D eigenvalue weighted by Gasteiger charge is 2.12. The number of hydrogen-bond donors (Lipinski definition) is 2. The lowest BCUT2D eigenvalue weighted by atomic mass is 10.2. The minimum absolute atomic E-state index is 0.0519. The minimum Gasteiger partial charge on any atom is -0.489 e. The summed E-state index contributed by atoms with van der Waals surface area (Å²) in [4.78, 5) is -0.118. The van der Waals surface area contributed by atoms with Crippen molar-refractivity contribution in [2.75, 3.05) is 5.73 Å². The zero-order valence-electron chi connectivity index (χ0n) is 10.4. The zero-order valence-corrected chi connectivity index (χ0v) is 12.0. The van der Waals surface area contributed by atoms with Gasteiger partial charge in [0.25, 0.3) is 0 Å². The second kappa shape index (κ2) is 5.70. The normalized spacial score (nSPS) is 11.3. The first-order chi connectivity index (χ1) is 9.36. The van der Waals surface area contributed by atoms with Crippen LogP contribution in [0.1, 0.15) is 5.56 Å². The molecule has 5 nitrogen and oxygen atoms in total. The van der Waals surface area contributed by atoms with Crippen LogP contribution in [0, 0.1) is 0 Å². The van der Waals surface area contributed by atoms with Gasteiger partial charge in [0, 0.05) is 11.1 Å². The summed E-state index contributed by atoms with van der Waals surface area (Å²) in [6, 6.07) is 11.5. The van der Waals surface area contributed by atoms with Crippen molar-refractivity contribution in [3.05, 3.63) is 53.1 Å². The Morgan fingerprint density at radius 1 is 1.15 bits per heavy atom. The van der Waals surface area contributed by atoms with Crippen LogP contribution in [-0.4, -0.2) is 8.42 Å². The number of nitrogen functional groups attached to an aromatic ring is 1. The summed E-state index contributed by atoms with van der Waals surface area (Å²) in [5, 5.41) is 5.65. The van der Waals surface area contributed by atoms with Gasteiger partial charge < -0.3 is 10.5 Å². The highest BCUT2D eigenvalue weighted by molar-refractivity contribution is 7.89. The topological polar surface area (TPSA) is 95.4 Å². The Morgan fingerprint density at radius 3 is 2.50 bits per heavy atom. The molecule has 0 aliphatic rings. The number of nitrogens with two attached hydrogens (primary N) is 2. The van der Waals surface area contributed by atoms with Gasteiger partial charge in [0.1, 0.15) is 17.3 Å². The fraction of sp³-hybridized carbons (Fsp3) is 0.0769. The Balaban J connectivity index is 2.14. The van der Waals surface area contributed by atoms with Gasteiger partial charge in [-0.1, -0.05) is 23.7 Å². The smallest absolute Gasteiger partial charge is 0.240 e. The highest BCUT2D eigenvalue weighted by Crippen LogP contribution is 2.23. The summed E-state index contributed by atoms with van der Waals surface area (Å²) in [6.45, 7) is 0.300. The SMILES string of the molecule is Nc1cc(OCc2cccc(Cl)c2)ccc1S(N)(=O)=O. The summed E-state index contributed by atoms with van der Waals surface area (Å²) >= 11 is 5.87. The second-order valence-electron chi connectivity index (χ2n) is 4.16. The molecule has 106 valence electrons. The summed E-state index contributed by atoms with van der Waals surface area (Å²) in [5.74, 6) is 0.454. The molecule has 0 unspecified atom stereocenters. The Kier molecular flexibility index (Phi) is 4.17. The van der Waals surface area contributed by atoms with Crippen LogP contribution in [0.15, 0.2) is 47.4 Å². The first kappa shape index (κ1) is 14.6. The molecule has 2 aromatic rings. The molecule has 7 heteroatoms. The summed E-state index contributed by atoms with van der Waals surface area (Å²) in [7, 11) is -3.82. The van der Waals surface area contributed by atoms with Crippen molar-refractivity contribution in [2.45, 2.75) is 11.5 Å². The van der Waals surface area contributed by atoms with Gasteiger partial charge in [-0.15, -0.1) is 0 Å². The molecule has 0 aliphatic carbocycles. The number of anilines is 1. The van der Waals surface area contributed by atoms with Gasteiger partial charge in [0.2, 0.25) is 10.0 Å². The van der Waals surface area contributed by atoms with Crippen LogP contribution in [0.2, 0.25) is 5.02 Å². The van der Waals surface area contributed by atoms with Crippen LogP contribution >= 0.6 is 11.6 Å². The Morgan fingerprint density at radius 2 is 1.90 bits per heavy atom. The molecule has 0 spiro atoms. The van der Waals surface area contributed by atoms with Crippen molar-refractivity contribution >= 4 is 27.3 Å². The zero-order chi connectivity index (χ0) is 14.8. The fourth-order valence-corrected chi connectivity index (χ4v) is 2.53. The molecule has 0 amide bonds. The van der Waals surface area contributed by atoms with E-state index < -0.39 is 10.0 Å². The number of benzene rings is 2. The average Bonchev–Trinajstić information content (AvgIpc) is 2.35. The number of hydrogen-bond acceptors (Lipinski definition) is 4. The summed E-state index contributed by atoms with van der Waals surface area (Å²) in [5.41, 5.74) is 6.59. The molecule has 0 aliphatic heterocycles. The third-order valence-corrected chi connectivity index (χ3v) is 3.80. The maximum atomic E-state index is 11.2. The van der Waals surface area contributed by atoms with E-state index in [2.05, 4.69) is 0 Å². The Labute approximate surface area is 122 Å². The lowest BCUT2D eigenvalue weighted by Crippen LogP contribution is -2.14. The van der Waals surface area contributed by atoms with Gasteiger partial charge in [-0.3, -0.25) is 0 Å². The van der Waals surface area contributed by atoms with E-state index in [1.54, 1.807) is 12.1 Å². The number of rotatable bonds is 4. The first-order valence-corrected chi connectivity index (χ1v) is 7.58. The van der Waals surface area contributed by atoms with Crippen molar-refractivity contribution in [3.8, 4) is 5.75 Å². The third-order valence-electron chi connectivity index (χ3n) is 2.58. The van der Waals surface area contributed by atoms with Crippen LogP contribution in [0.5, 0.6) is 5.75 Å². The first-order valence-electron chi connectivity index (χ1n) is 5.66. The van der Waals surface area contributed by atoms with E-state index in [0.717, 1.165) is 5.56 Å².